The number of hydrogen-bond acceptors (Lipinski definition) is 5. The Bertz CT molecular complexity index is 324. The van der Waals surface area contributed by atoms with E-state index in [1.54, 1.807) is 13.3 Å². The van der Waals surface area contributed by atoms with Crippen molar-refractivity contribution >= 4 is 0 Å². The molecule has 0 atom stereocenters. The van der Waals surface area contributed by atoms with E-state index in [4.69, 9.17) is 4.74 Å². The minimum Gasteiger partial charge on any atom is -0.467 e. The van der Waals surface area contributed by atoms with Crippen molar-refractivity contribution in [1.29, 1.82) is 0 Å². The number of rotatable bonds is 3. The van der Waals surface area contributed by atoms with Gasteiger partial charge in [0.15, 0.2) is 0 Å². The summed E-state index contributed by atoms with van der Waals surface area (Å²) in [5.41, 5.74) is 1.02. The highest BCUT2D eigenvalue weighted by molar-refractivity contribution is 5.05. The van der Waals surface area contributed by atoms with Crippen molar-refractivity contribution < 1.29 is 4.74 Å². The fraction of sp³-hybridized carbons (Fsp3) is 0.636. The minimum atomic E-state index is 0.449. The van der Waals surface area contributed by atoms with Crippen LogP contribution in [0.15, 0.2) is 12.3 Å². The molecule has 0 bridgehead atoms. The van der Waals surface area contributed by atoms with Gasteiger partial charge in [-0.1, -0.05) is 0 Å². The molecule has 16 heavy (non-hydrogen) atoms. The molecule has 0 saturated carbocycles. The third-order valence-corrected chi connectivity index (χ3v) is 2.69. The summed E-state index contributed by atoms with van der Waals surface area (Å²) in [5, 5.41) is 3.39. The molecule has 1 aromatic heterocycles. The predicted molar refractivity (Wildman–Crippen MR) is 61.3 cm³/mol. The topological polar surface area (TPSA) is 50.3 Å². The van der Waals surface area contributed by atoms with Gasteiger partial charge in [0.1, 0.15) is 0 Å². The molecule has 0 amide bonds. The number of nitrogens with one attached hydrogen (secondary N) is 1. The smallest absolute Gasteiger partial charge is 0.316 e. The zero-order valence-electron chi connectivity index (χ0n) is 9.65. The molecule has 5 nitrogen and oxygen atoms in total. The van der Waals surface area contributed by atoms with Gasteiger partial charge < -0.3 is 10.1 Å². The van der Waals surface area contributed by atoms with Crippen molar-refractivity contribution in [2.75, 3.05) is 33.3 Å². The molecule has 0 radical (unpaired) electrons. The van der Waals surface area contributed by atoms with Gasteiger partial charge >= 0.3 is 6.01 Å². The number of nitrogens with zero attached hydrogens (tertiary/aromatic N) is 3. The van der Waals surface area contributed by atoms with Crippen LogP contribution in [0.3, 0.4) is 0 Å². The summed E-state index contributed by atoms with van der Waals surface area (Å²) in [7, 11) is 1.59. The highest BCUT2D eigenvalue weighted by atomic mass is 16.5. The average molecular weight is 222 g/mol. The molecule has 1 N–H and O–H groups in total. The lowest BCUT2D eigenvalue weighted by molar-refractivity contribution is 0.278. The minimum absolute atomic E-state index is 0.449. The molecule has 1 fully saturated rings. The van der Waals surface area contributed by atoms with E-state index < -0.39 is 0 Å². The van der Waals surface area contributed by atoms with Gasteiger partial charge in [-0.3, -0.25) is 4.90 Å². The molecule has 1 saturated heterocycles. The molecule has 0 aliphatic carbocycles. The van der Waals surface area contributed by atoms with Crippen LogP contribution in [-0.2, 0) is 6.54 Å². The van der Waals surface area contributed by atoms with Crippen LogP contribution in [0.5, 0.6) is 6.01 Å². The van der Waals surface area contributed by atoms with Gasteiger partial charge in [0.05, 0.1) is 12.8 Å². The Balaban J connectivity index is 1.96. The number of ether oxygens (including phenoxy) is 1. The maximum atomic E-state index is 5.02. The van der Waals surface area contributed by atoms with Gasteiger partial charge in [-0.25, -0.2) is 4.98 Å². The largest absolute Gasteiger partial charge is 0.467 e. The van der Waals surface area contributed by atoms with Crippen molar-refractivity contribution in [1.82, 2.24) is 20.2 Å². The Kier molecular flexibility index (Phi) is 4.07. The van der Waals surface area contributed by atoms with E-state index in [2.05, 4.69) is 20.2 Å². The molecule has 1 aromatic rings. The van der Waals surface area contributed by atoms with E-state index in [0.717, 1.165) is 38.4 Å². The van der Waals surface area contributed by atoms with E-state index >= 15 is 0 Å². The first-order chi connectivity index (χ1) is 7.88. The molecule has 0 aromatic carbocycles. The van der Waals surface area contributed by atoms with Gasteiger partial charge in [0.2, 0.25) is 0 Å². The lowest BCUT2D eigenvalue weighted by atomic mass is 10.3. The summed E-state index contributed by atoms with van der Waals surface area (Å²) in [4.78, 5) is 10.7. The summed E-state index contributed by atoms with van der Waals surface area (Å²) in [6, 6.07) is 2.39. The summed E-state index contributed by atoms with van der Waals surface area (Å²) >= 11 is 0. The Morgan fingerprint density at radius 3 is 3.25 bits per heavy atom. The third kappa shape index (κ3) is 3.15. The highest BCUT2D eigenvalue weighted by Crippen LogP contribution is 2.06. The summed E-state index contributed by atoms with van der Waals surface area (Å²) < 4.78 is 5.02. The van der Waals surface area contributed by atoms with Crippen LogP contribution in [0.2, 0.25) is 0 Å². The molecule has 0 unspecified atom stereocenters. The summed E-state index contributed by atoms with van der Waals surface area (Å²) in [6.07, 6.45) is 2.94. The van der Waals surface area contributed by atoms with E-state index in [1.807, 2.05) is 6.07 Å². The zero-order chi connectivity index (χ0) is 11.2. The lowest BCUT2D eigenvalue weighted by Gasteiger charge is -2.18. The van der Waals surface area contributed by atoms with Crippen molar-refractivity contribution in [2.45, 2.75) is 13.0 Å². The quantitative estimate of drug-likeness (QED) is 0.796. The maximum Gasteiger partial charge on any atom is 0.316 e. The maximum absolute atomic E-state index is 5.02. The number of aromatic nitrogens is 2. The van der Waals surface area contributed by atoms with E-state index in [0.29, 0.717) is 6.01 Å². The van der Waals surface area contributed by atoms with Crippen LogP contribution >= 0.6 is 0 Å². The molecule has 0 spiro atoms. The van der Waals surface area contributed by atoms with Gasteiger partial charge in [-0.2, -0.15) is 4.98 Å². The Morgan fingerprint density at radius 2 is 2.38 bits per heavy atom. The first-order valence-electron chi connectivity index (χ1n) is 5.67. The molecule has 2 rings (SSSR count). The second-order valence-corrected chi connectivity index (χ2v) is 3.91. The van der Waals surface area contributed by atoms with Gasteiger partial charge in [-0.15, -0.1) is 0 Å². The first-order valence-corrected chi connectivity index (χ1v) is 5.67. The first kappa shape index (κ1) is 11.3. The normalized spacial score (nSPS) is 18.1. The SMILES string of the molecule is COc1nccc(CN2CCCNCC2)n1. The zero-order valence-corrected chi connectivity index (χ0v) is 9.65. The molecule has 1 aliphatic heterocycles. The van der Waals surface area contributed by atoms with Crippen molar-refractivity contribution in [3.8, 4) is 6.01 Å². The van der Waals surface area contributed by atoms with Crippen LogP contribution in [0.1, 0.15) is 12.1 Å². The van der Waals surface area contributed by atoms with Crippen molar-refractivity contribution in [3.05, 3.63) is 18.0 Å². The van der Waals surface area contributed by atoms with Gasteiger partial charge in [-0.05, 0) is 25.6 Å². The number of methoxy groups -OCH3 is 1. The fourth-order valence-corrected chi connectivity index (χ4v) is 1.85. The van der Waals surface area contributed by atoms with Crippen LogP contribution < -0.4 is 10.1 Å². The van der Waals surface area contributed by atoms with Crippen LogP contribution in [0.4, 0.5) is 0 Å². The molecule has 88 valence electrons. The van der Waals surface area contributed by atoms with E-state index in [-0.39, 0.29) is 0 Å². The van der Waals surface area contributed by atoms with Crippen LogP contribution in [-0.4, -0.2) is 48.2 Å². The molecule has 5 heteroatoms. The Morgan fingerprint density at radius 1 is 1.44 bits per heavy atom. The average Bonchev–Trinajstić information content (AvgIpc) is 2.58. The molecule has 2 heterocycles. The van der Waals surface area contributed by atoms with E-state index in [9.17, 15) is 0 Å². The second kappa shape index (κ2) is 5.77. The molecule has 1 aliphatic rings. The predicted octanol–water partition coefficient (Wildman–Crippen LogP) is 0.280. The lowest BCUT2D eigenvalue weighted by Crippen LogP contribution is -2.28. The standard InChI is InChI=1S/C11H18N4O/c1-16-11-13-5-3-10(14-11)9-15-7-2-4-12-6-8-15/h3,5,12H,2,4,6-9H2,1H3. The molecular formula is C11H18N4O. The summed E-state index contributed by atoms with van der Waals surface area (Å²) in [6.45, 7) is 5.25. The van der Waals surface area contributed by atoms with Crippen molar-refractivity contribution in [2.24, 2.45) is 0 Å². The van der Waals surface area contributed by atoms with Gasteiger partial charge in [0, 0.05) is 25.8 Å². The van der Waals surface area contributed by atoms with Crippen LogP contribution in [0.25, 0.3) is 0 Å². The summed E-state index contributed by atoms with van der Waals surface area (Å²) in [5.74, 6) is 0. The fourth-order valence-electron chi connectivity index (χ4n) is 1.85. The van der Waals surface area contributed by atoms with Crippen LogP contribution in [0, 0.1) is 0 Å². The molecular weight excluding hydrogens is 204 g/mol. The third-order valence-electron chi connectivity index (χ3n) is 2.69. The Hall–Kier alpha value is -1.20. The monoisotopic (exact) mass is 222 g/mol. The van der Waals surface area contributed by atoms with E-state index in [1.165, 1.54) is 6.42 Å². The number of hydrogen-bond donors (Lipinski definition) is 1. The highest BCUT2D eigenvalue weighted by Gasteiger charge is 2.10. The van der Waals surface area contributed by atoms with Gasteiger partial charge in [0.25, 0.3) is 0 Å². The second-order valence-electron chi connectivity index (χ2n) is 3.91. The van der Waals surface area contributed by atoms with Crippen molar-refractivity contribution in [3.63, 3.8) is 0 Å². The Labute approximate surface area is 95.8 Å².